The van der Waals surface area contributed by atoms with Gasteiger partial charge in [0.15, 0.2) is 5.58 Å². The number of carbonyl (C=O) groups excluding carboxylic acids is 1. The van der Waals surface area contributed by atoms with Crippen LogP contribution in [0.1, 0.15) is 11.3 Å². The molecule has 0 aliphatic heterocycles. The summed E-state index contributed by atoms with van der Waals surface area (Å²) in [5.74, 6) is 1.12. The van der Waals surface area contributed by atoms with Crippen LogP contribution in [0.2, 0.25) is 15.1 Å². The molecular formula is C27H17Cl3N2O3. The second kappa shape index (κ2) is 9.62. The van der Waals surface area contributed by atoms with E-state index in [0.717, 1.165) is 11.1 Å². The first-order chi connectivity index (χ1) is 16.9. The van der Waals surface area contributed by atoms with Crippen molar-refractivity contribution in [2.45, 2.75) is 6.92 Å². The van der Waals surface area contributed by atoms with Gasteiger partial charge in [0.25, 0.3) is 0 Å². The lowest BCUT2D eigenvalue weighted by molar-refractivity contribution is -0.111. The van der Waals surface area contributed by atoms with E-state index in [9.17, 15) is 4.79 Å². The molecule has 0 unspecified atom stereocenters. The monoisotopic (exact) mass is 522 g/mol. The Hall–Kier alpha value is -3.51. The summed E-state index contributed by atoms with van der Waals surface area (Å²) in [5, 5.41) is 4.19. The van der Waals surface area contributed by atoms with Gasteiger partial charge in [0.2, 0.25) is 11.8 Å². The highest BCUT2D eigenvalue weighted by atomic mass is 35.5. The highest BCUT2D eigenvalue weighted by Crippen LogP contribution is 2.33. The highest BCUT2D eigenvalue weighted by Gasteiger charge is 2.12. The molecule has 0 saturated heterocycles. The quantitative estimate of drug-likeness (QED) is 0.234. The summed E-state index contributed by atoms with van der Waals surface area (Å²) < 4.78 is 11.6. The van der Waals surface area contributed by atoms with Crippen LogP contribution in [-0.4, -0.2) is 10.9 Å². The van der Waals surface area contributed by atoms with Gasteiger partial charge >= 0.3 is 0 Å². The SMILES string of the molecule is Cc1ccc2oc(-c3ccc(Cl)c(NC(=O)/C=C/c4ccc(-c5ccc(Cl)cc5Cl)o4)c3)nc2c1. The molecule has 5 aromatic rings. The number of anilines is 1. The van der Waals surface area contributed by atoms with E-state index in [-0.39, 0.29) is 5.91 Å². The van der Waals surface area contributed by atoms with Crippen molar-refractivity contribution in [3.05, 3.63) is 99.2 Å². The van der Waals surface area contributed by atoms with Crippen LogP contribution in [0.5, 0.6) is 0 Å². The van der Waals surface area contributed by atoms with E-state index in [4.69, 9.17) is 43.6 Å². The maximum atomic E-state index is 12.6. The summed E-state index contributed by atoms with van der Waals surface area (Å²) >= 11 is 18.5. The number of fused-ring (bicyclic) bond motifs is 1. The number of rotatable bonds is 5. The van der Waals surface area contributed by atoms with Gasteiger partial charge in [-0.25, -0.2) is 4.98 Å². The fourth-order valence-electron chi connectivity index (χ4n) is 3.52. The molecule has 35 heavy (non-hydrogen) atoms. The molecule has 1 N–H and O–H groups in total. The van der Waals surface area contributed by atoms with Gasteiger partial charge < -0.3 is 14.2 Å². The molecule has 3 aromatic carbocycles. The summed E-state index contributed by atoms with van der Waals surface area (Å²) in [7, 11) is 0. The predicted octanol–water partition coefficient (Wildman–Crippen LogP) is 8.68. The molecule has 174 valence electrons. The van der Waals surface area contributed by atoms with Crippen LogP contribution in [0.3, 0.4) is 0 Å². The van der Waals surface area contributed by atoms with E-state index in [1.54, 1.807) is 54.6 Å². The van der Waals surface area contributed by atoms with E-state index >= 15 is 0 Å². The molecule has 0 bridgehead atoms. The van der Waals surface area contributed by atoms with Crippen LogP contribution in [0.25, 0.3) is 40.0 Å². The smallest absolute Gasteiger partial charge is 0.248 e. The molecule has 0 saturated carbocycles. The third-order valence-corrected chi connectivity index (χ3v) is 6.11. The summed E-state index contributed by atoms with van der Waals surface area (Å²) in [4.78, 5) is 17.1. The zero-order chi connectivity index (χ0) is 24.5. The van der Waals surface area contributed by atoms with Gasteiger partial charge in [-0.1, -0.05) is 40.9 Å². The third-order valence-electron chi connectivity index (χ3n) is 5.24. The molecule has 0 fully saturated rings. The molecule has 0 atom stereocenters. The van der Waals surface area contributed by atoms with Crippen LogP contribution in [0, 0.1) is 6.92 Å². The Morgan fingerprint density at radius 3 is 2.60 bits per heavy atom. The van der Waals surface area contributed by atoms with E-state index in [2.05, 4.69) is 10.3 Å². The molecule has 0 radical (unpaired) electrons. The summed E-state index contributed by atoms with van der Waals surface area (Å²) in [5.41, 5.74) is 4.38. The zero-order valence-electron chi connectivity index (χ0n) is 18.3. The topological polar surface area (TPSA) is 68.3 Å². The minimum atomic E-state index is -0.375. The average molecular weight is 524 g/mol. The fourth-order valence-corrected chi connectivity index (χ4v) is 4.19. The molecule has 1 amide bonds. The first kappa shape index (κ1) is 23.2. The number of nitrogens with zero attached hydrogens (tertiary/aromatic N) is 1. The lowest BCUT2D eigenvalue weighted by atomic mass is 10.2. The van der Waals surface area contributed by atoms with Gasteiger partial charge in [0.05, 0.1) is 15.7 Å². The van der Waals surface area contributed by atoms with Crippen molar-refractivity contribution in [3.8, 4) is 22.8 Å². The maximum absolute atomic E-state index is 12.6. The fraction of sp³-hybridized carbons (Fsp3) is 0.0370. The second-order valence-electron chi connectivity index (χ2n) is 7.83. The van der Waals surface area contributed by atoms with Crippen molar-refractivity contribution >= 4 is 63.6 Å². The number of hydrogen-bond donors (Lipinski definition) is 1. The number of amides is 1. The van der Waals surface area contributed by atoms with Gasteiger partial charge in [0.1, 0.15) is 17.0 Å². The lowest BCUT2D eigenvalue weighted by Gasteiger charge is -2.06. The standard InChI is InChI=1S/C27H17Cl3N2O3/c1-15-2-9-25-23(12-15)32-27(35-25)16-3-8-20(29)22(13-16)31-26(33)11-6-18-5-10-24(34-18)19-7-4-17(28)14-21(19)30/h2-14H,1H3,(H,31,33)/b11-6+. The summed E-state index contributed by atoms with van der Waals surface area (Å²) in [6.07, 6.45) is 2.92. The van der Waals surface area contributed by atoms with Gasteiger partial charge in [-0.05, 0) is 79.2 Å². The zero-order valence-corrected chi connectivity index (χ0v) is 20.6. The van der Waals surface area contributed by atoms with Crippen LogP contribution >= 0.6 is 34.8 Å². The number of halogens is 3. The van der Waals surface area contributed by atoms with E-state index in [1.165, 1.54) is 6.08 Å². The minimum Gasteiger partial charge on any atom is -0.457 e. The number of furan rings is 1. The van der Waals surface area contributed by atoms with Crippen molar-refractivity contribution in [2.24, 2.45) is 0 Å². The van der Waals surface area contributed by atoms with Crippen LogP contribution in [0.15, 0.2) is 81.6 Å². The molecule has 2 heterocycles. The van der Waals surface area contributed by atoms with Gasteiger partial charge in [0, 0.05) is 22.2 Å². The molecule has 0 aliphatic rings. The highest BCUT2D eigenvalue weighted by molar-refractivity contribution is 6.36. The van der Waals surface area contributed by atoms with Crippen molar-refractivity contribution < 1.29 is 13.6 Å². The normalized spacial score (nSPS) is 11.4. The first-order valence-electron chi connectivity index (χ1n) is 10.6. The average Bonchev–Trinajstić information content (AvgIpc) is 3.46. The Bertz CT molecular complexity index is 1600. The molecular weight excluding hydrogens is 507 g/mol. The largest absolute Gasteiger partial charge is 0.457 e. The Labute approximate surface area is 215 Å². The van der Waals surface area contributed by atoms with Crippen molar-refractivity contribution in [3.63, 3.8) is 0 Å². The Morgan fingerprint density at radius 1 is 0.914 bits per heavy atom. The Morgan fingerprint density at radius 2 is 1.77 bits per heavy atom. The lowest BCUT2D eigenvalue weighted by Crippen LogP contribution is -2.08. The van der Waals surface area contributed by atoms with Crippen molar-refractivity contribution in [1.29, 1.82) is 0 Å². The first-order valence-corrected chi connectivity index (χ1v) is 11.7. The van der Waals surface area contributed by atoms with Crippen LogP contribution in [0.4, 0.5) is 5.69 Å². The maximum Gasteiger partial charge on any atom is 0.248 e. The Balaban J connectivity index is 1.32. The number of aromatic nitrogens is 1. The van der Waals surface area contributed by atoms with E-state index < -0.39 is 0 Å². The van der Waals surface area contributed by atoms with E-state index in [0.29, 0.717) is 54.9 Å². The number of oxazole rings is 1. The minimum absolute atomic E-state index is 0.375. The molecule has 0 aliphatic carbocycles. The molecule has 8 heteroatoms. The van der Waals surface area contributed by atoms with Crippen molar-refractivity contribution in [2.75, 3.05) is 5.32 Å². The molecule has 5 nitrogen and oxygen atoms in total. The second-order valence-corrected chi connectivity index (χ2v) is 9.08. The summed E-state index contributed by atoms with van der Waals surface area (Å²) in [6, 6.07) is 19.7. The van der Waals surface area contributed by atoms with Crippen LogP contribution in [-0.2, 0) is 4.79 Å². The number of hydrogen-bond acceptors (Lipinski definition) is 4. The number of carbonyl (C=O) groups is 1. The molecule has 5 rings (SSSR count). The van der Waals surface area contributed by atoms with Crippen LogP contribution < -0.4 is 5.32 Å². The van der Waals surface area contributed by atoms with E-state index in [1.807, 2.05) is 25.1 Å². The Kier molecular flexibility index (Phi) is 6.39. The third kappa shape index (κ3) is 5.13. The van der Waals surface area contributed by atoms with Gasteiger partial charge in [-0.15, -0.1) is 0 Å². The summed E-state index contributed by atoms with van der Waals surface area (Å²) in [6.45, 7) is 1.99. The van der Waals surface area contributed by atoms with Gasteiger partial charge in [-0.2, -0.15) is 0 Å². The number of aryl methyl sites for hydroxylation is 1. The molecule has 0 spiro atoms. The number of benzene rings is 3. The number of nitrogens with one attached hydrogen (secondary N) is 1. The molecule has 2 aromatic heterocycles. The van der Waals surface area contributed by atoms with Crippen molar-refractivity contribution in [1.82, 2.24) is 4.98 Å². The predicted molar refractivity (Wildman–Crippen MR) is 141 cm³/mol. The van der Waals surface area contributed by atoms with Gasteiger partial charge in [-0.3, -0.25) is 4.79 Å².